The molecule has 1 aromatic carbocycles. The van der Waals surface area contributed by atoms with Gasteiger partial charge < -0.3 is 5.11 Å². The van der Waals surface area contributed by atoms with Crippen LogP contribution in [0.3, 0.4) is 0 Å². The van der Waals surface area contributed by atoms with Gasteiger partial charge in [-0.25, -0.2) is 5.10 Å². The first-order valence-corrected chi connectivity index (χ1v) is 6.95. The van der Waals surface area contributed by atoms with Gasteiger partial charge in [0, 0.05) is 11.6 Å². The summed E-state index contributed by atoms with van der Waals surface area (Å²) in [7, 11) is 0. The maximum atomic E-state index is 9.75. The molecule has 3 rings (SSSR count). The Hall–Kier alpha value is -2.48. The molecule has 0 saturated heterocycles. The molecule has 0 unspecified atom stereocenters. The summed E-state index contributed by atoms with van der Waals surface area (Å²) >= 11 is 1.42. The van der Waals surface area contributed by atoms with E-state index in [-0.39, 0.29) is 5.75 Å². The predicted octanol–water partition coefficient (Wildman–Crippen LogP) is 3.20. The van der Waals surface area contributed by atoms with E-state index in [2.05, 4.69) is 30.4 Å². The van der Waals surface area contributed by atoms with Gasteiger partial charge in [-0.05, 0) is 30.5 Å². The molecule has 3 aromatic rings. The van der Waals surface area contributed by atoms with Gasteiger partial charge in [-0.2, -0.15) is 4.98 Å². The van der Waals surface area contributed by atoms with Crippen LogP contribution in [-0.2, 0) is 0 Å². The molecule has 0 saturated carbocycles. The minimum absolute atomic E-state index is 0.115. The van der Waals surface area contributed by atoms with Gasteiger partial charge in [-0.3, -0.25) is 4.98 Å². The number of rotatable bonds is 3. The average molecular weight is 286 g/mol. The van der Waals surface area contributed by atoms with E-state index in [0.717, 1.165) is 5.39 Å². The Labute approximate surface area is 118 Å². The number of azo groups is 1. The maximum absolute atomic E-state index is 9.75. The van der Waals surface area contributed by atoms with Crippen LogP contribution in [0.2, 0.25) is 0 Å². The molecule has 0 spiro atoms. The Balaban J connectivity index is 2.00. The van der Waals surface area contributed by atoms with Crippen LogP contribution in [0.25, 0.3) is 10.9 Å². The van der Waals surface area contributed by atoms with E-state index in [4.69, 9.17) is 0 Å². The number of aromatic nitrogens is 4. The first-order valence-electron chi connectivity index (χ1n) is 5.73. The zero-order chi connectivity index (χ0) is 13.9. The zero-order valence-electron chi connectivity index (χ0n) is 10.5. The number of pyridine rings is 1. The van der Waals surface area contributed by atoms with Crippen LogP contribution in [0, 0.1) is 0 Å². The summed E-state index contributed by atoms with van der Waals surface area (Å²) in [6.07, 6.45) is 3.49. The smallest absolute Gasteiger partial charge is 0.265 e. The molecule has 0 aliphatic carbocycles. The van der Waals surface area contributed by atoms with Crippen molar-refractivity contribution < 1.29 is 5.11 Å². The van der Waals surface area contributed by atoms with Gasteiger partial charge in [-0.1, -0.05) is 11.8 Å². The summed E-state index contributed by atoms with van der Waals surface area (Å²) in [5, 5.41) is 25.8. The molecule has 2 aromatic heterocycles. The average Bonchev–Trinajstić information content (AvgIpc) is 2.95. The second-order valence-electron chi connectivity index (χ2n) is 3.85. The van der Waals surface area contributed by atoms with Crippen molar-refractivity contribution in [3.63, 3.8) is 0 Å². The van der Waals surface area contributed by atoms with Crippen LogP contribution in [0.4, 0.5) is 11.6 Å². The highest BCUT2D eigenvalue weighted by Crippen LogP contribution is 2.31. The molecule has 20 heavy (non-hydrogen) atoms. The quantitative estimate of drug-likeness (QED) is 0.569. The van der Waals surface area contributed by atoms with Crippen molar-refractivity contribution in [3.05, 3.63) is 30.5 Å². The summed E-state index contributed by atoms with van der Waals surface area (Å²) in [4.78, 5) is 8.24. The minimum atomic E-state index is 0.115. The van der Waals surface area contributed by atoms with Gasteiger partial charge in [0.1, 0.15) is 11.3 Å². The fourth-order valence-electron chi connectivity index (χ4n) is 1.71. The van der Waals surface area contributed by atoms with E-state index in [1.54, 1.807) is 18.3 Å². The molecule has 0 amide bonds. The third kappa shape index (κ3) is 2.32. The Morgan fingerprint density at radius 1 is 1.25 bits per heavy atom. The lowest BCUT2D eigenvalue weighted by Gasteiger charge is -2.01. The summed E-state index contributed by atoms with van der Waals surface area (Å²) in [6.45, 7) is 0. The molecule has 100 valence electrons. The largest absolute Gasteiger partial charge is 0.506 e. The van der Waals surface area contributed by atoms with Crippen molar-refractivity contribution in [2.45, 2.75) is 5.16 Å². The number of hydrogen-bond acceptors (Lipinski definition) is 7. The molecule has 2 heterocycles. The lowest BCUT2D eigenvalue weighted by molar-refractivity contribution is 0.480. The number of benzene rings is 1. The van der Waals surface area contributed by atoms with Gasteiger partial charge in [-0.15, -0.1) is 15.3 Å². The molecule has 2 N–H and O–H groups in total. The predicted molar refractivity (Wildman–Crippen MR) is 75.7 cm³/mol. The van der Waals surface area contributed by atoms with Crippen LogP contribution >= 0.6 is 11.8 Å². The van der Waals surface area contributed by atoms with E-state index in [0.29, 0.717) is 22.3 Å². The Bertz CT molecular complexity index is 784. The first kappa shape index (κ1) is 12.5. The van der Waals surface area contributed by atoms with Crippen molar-refractivity contribution in [2.24, 2.45) is 10.2 Å². The molecular formula is C12H10N6OS. The number of H-pyrrole nitrogens is 1. The van der Waals surface area contributed by atoms with Crippen LogP contribution < -0.4 is 0 Å². The van der Waals surface area contributed by atoms with Crippen LogP contribution in [0.1, 0.15) is 0 Å². The van der Waals surface area contributed by atoms with Crippen molar-refractivity contribution in [2.75, 3.05) is 6.26 Å². The molecule has 0 atom stereocenters. The second-order valence-corrected chi connectivity index (χ2v) is 4.62. The highest BCUT2D eigenvalue weighted by Gasteiger charge is 2.06. The summed E-state index contributed by atoms with van der Waals surface area (Å²) < 4.78 is 0. The normalized spacial score (nSPS) is 11.4. The van der Waals surface area contributed by atoms with Gasteiger partial charge in [0.15, 0.2) is 0 Å². The minimum Gasteiger partial charge on any atom is -0.506 e. The number of aromatic amines is 1. The third-order valence-electron chi connectivity index (χ3n) is 2.61. The Kier molecular flexibility index (Phi) is 3.30. The van der Waals surface area contributed by atoms with Crippen molar-refractivity contribution in [1.29, 1.82) is 0 Å². The molecule has 0 fully saturated rings. The van der Waals surface area contributed by atoms with E-state index in [1.807, 2.05) is 12.3 Å². The van der Waals surface area contributed by atoms with E-state index in [1.165, 1.54) is 17.8 Å². The number of phenols is 1. The molecule has 0 radical (unpaired) electrons. The van der Waals surface area contributed by atoms with Crippen LogP contribution in [-0.4, -0.2) is 31.5 Å². The lowest BCUT2D eigenvalue weighted by Crippen LogP contribution is -1.79. The molecule has 0 bridgehead atoms. The van der Waals surface area contributed by atoms with Gasteiger partial charge >= 0.3 is 0 Å². The van der Waals surface area contributed by atoms with Crippen LogP contribution in [0.15, 0.2) is 45.8 Å². The van der Waals surface area contributed by atoms with E-state index in [9.17, 15) is 5.11 Å². The zero-order valence-corrected chi connectivity index (χ0v) is 11.3. The fraction of sp³-hybridized carbons (Fsp3) is 0.0833. The number of hydrogen-bond donors (Lipinski definition) is 2. The lowest BCUT2D eigenvalue weighted by atomic mass is 10.2. The number of fused-ring (bicyclic) bond motifs is 1. The third-order valence-corrected chi connectivity index (χ3v) is 3.16. The topological polar surface area (TPSA) is 99.4 Å². The molecule has 8 heteroatoms. The number of phenolic OH excluding ortho intramolecular Hbond substituents is 1. The number of aromatic hydroxyl groups is 1. The molecule has 0 aliphatic rings. The molecular weight excluding hydrogens is 276 g/mol. The standard InChI is InChI=1S/C12H10N6OS/c1-20-12-14-11(17-18-12)16-15-8-4-5-9(19)10-7(8)3-2-6-13-10/h2-6,19H,1H3,(H,14,17,18). The summed E-state index contributed by atoms with van der Waals surface area (Å²) in [6, 6.07) is 6.82. The number of thioether (sulfide) groups is 1. The van der Waals surface area contributed by atoms with Crippen molar-refractivity contribution in [3.8, 4) is 5.75 Å². The SMILES string of the molecule is CSc1n[nH]c(N=Nc2ccc(O)c3ncccc23)n1. The fourth-order valence-corrected chi connectivity index (χ4v) is 2.02. The second kappa shape index (κ2) is 5.25. The summed E-state index contributed by atoms with van der Waals surface area (Å²) in [5.41, 5.74) is 1.10. The van der Waals surface area contributed by atoms with Gasteiger partial charge in [0.25, 0.3) is 5.95 Å². The van der Waals surface area contributed by atoms with Crippen molar-refractivity contribution >= 4 is 34.3 Å². The highest BCUT2D eigenvalue weighted by atomic mass is 32.2. The Morgan fingerprint density at radius 3 is 2.95 bits per heavy atom. The van der Waals surface area contributed by atoms with Gasteiger partial charge in [0.2, 0.25) is 5.16 Å². The molecule has 7 nitrogen and oxygen atoms in total. The summed E-state index contributed by atoms with van der Waals surface area (Å²) in [5.74, 6) is 0.448. The van der Waals surface area contributed by atoms with E-state index < -0.39 is 0 Å². The van der Waals surface area contributed by atoms with Gasteiger partial charge in [0.05, 0.1) is 5.69 Å². The first-order chi connectivity index (χ1) is 9.78. The highest BCUT2D eigenvalue weighted by molar-refractivity contribution is 7.98. The maximum Gasteiger partial charge on any atom is 0.265 e. The number of nitrogens with zero attached hydrogens (tertiary/aromatic N) is 5. The van der Waals surface area contributed by atoms with E-state index >= 15 is 0 Å². The Morgan fingerprint density at radius 2 is 2.15 bits per heavy atom. The van der Waals surface area contributed by atoms with Crippen molar-refractivity contribution in [1.82, 2.24) is 20.2 Å². The molecule has 0 aliphatic heterocycles. The monoisotopic (exact) mass is 286 g/mol. The van der Waals surface area contributed by atoms with Crippen LogP contribution in [0.5, 0.6) is 5.75 Å². The number of nitrogens with one attached hydrogen (secondary N) is 1.